The van der Waals surface area contributed by atoms with Gasteiger partial charge in [0.05, 0.1) is 6.26 Å². The Morgan fingerprint density at radius 3 is 3.14 bits per heavy atom. The zero-order chi connectivity index (χ0) is 4.69. The van der Waals surface area contributed by atoms with Crippen molar-refractivity contribution in [2.75, 3.05) is 6.61 Å². The molecule has 2 heteroatoms. The summed E-state index contributed by atoms with van der Waals surface area (Å²) < 4.78 is 9.98. The number of ether oxygens (including phenoxy) is 2. The van der Waals surface area contributed by atoms with Gasteiger partial charge in [-0.1, -0.05) is 0 Å². The molecule has 2 aliphatic rings. The normalized spacial score (nSPS) is 44.6. The summed E-state index contributed by atoms with van der Waals surface area (Å²) in [7, 11) is 0. The van der Waals surface area contributed by atoms with Crippen molar-refractivity contribution >= 4 is 0 Å². The van der Waals surface area contributed by atoms with Crippen molar-refractivity contribution in [1.82, 2.24) is 0 Å². The van der Waals surface area contributed by atoms with Crippen molar-refractivity contribution in [1.29, 1.82) is 0 Å². The summed E-state index contributed by atoms with van der Waals surface area (Å²) in [5, 5.41) is 0. The molecule has 2 rings (SSSR count). The van der Waals surface area contributed by atoms with E-state index in [1.807, 2.05) is 6.08 Å². The number of rotatable bonds is 0. The molecule has 7 heavy (non-hydrogen) atoms. The minimum atomic E-state index is 0.394. The third-order valence-electron chi connectivity index (χ3n) is 1.25. The second-order valence-corrected chi connectivity index (χ2v) is 1.80. The number of hydrogen-bond donors (Lipinski definition) is 0. The summed E-state index contributed by atoms with van der Waals surface area (Å²) >= 11 is 0. The van der Waals surface area contributed by atoms with Gasteiger partial charge in [-0.2, -0.15) is 0 Å². The molecule has 0 spiro atoms. The fourth-order valence-electron chi connectivity index (χ4n) is 0.743. The molecule has 1 saturated heterocycles. The van der Waals surface area contributed by atoms with Crippen LogP contribution in [0.3, 0.4) is 0 Å². The maximum atomic E-state index is 5.07. The van der Waals surface area contributed by atoms with E-state index < -0.39 is 0 Å². The second-order valence-electron chi connectivity index (χ2n) is 1.80. The summed E-state index contributed by atoms with van der Waals surface area (Å²) in [5.41, 5.74) is 0. The Bertz CT molecular complexity index is 109. The highest BCUT2D eigenvalue weighted by Crippen LogP contribution is 2.26. The van der Waals surface area contributed by atoms with E-state index in [1.165, 1.54) is 0 Å². The predicted molar refractivity (Wildman–Crippen MR) is 23.8 cm³/mol. The molecule has 0 aromatic heterocycles. The minimum Gasteiger partial charge on any atom is -0.499 e. The molecule has 2 aliphatic heterocycles. The minimum absolute atomic E-state index is 0.394. The molecule has 2 nitrogen and oxygen atoms in total. The Balaban J connectivity index is 2.14. The van der Waals surface area contributed by atoms with Crippen LogP contribution in [-0.4, -0.2) is 18.8 Å². The maximum Gasteiger partial charge on any atom is 0.122 e. The largest absolute Gasteiger partial charge is 0.499 e. The molecule has 1 fully saturated rings. The van der Waals surface area contributed by atoms with Crippen LogP contribution in [-0.2, 0) is 9.47 Å². The third kappa shape index (κ3) is 0.431. The number of hydrogen-bond acceptors (Lipinski definition) is 2. The molecule has 0 aromatic carbocycles. The zero-order valence-corrected chi connectivity index (χ0v) is 3.83. The Morgan fingerprint density at radius 2 is 2.57 bits per heavy atom. The molecule has 0 aliphatic carbocycles. The highest BCUT2D eigenvalue weighted by atomic mass is 16.6. The lowest BCUT2D eigenvalue weighted by Gasteiger charge is -1.97. The molecule has 0 radical (unpaired) electrons. The lowest BCUT2D eigenvalue weighted by Crippen LogP contribution is -2.03. The van der Waals surface area contributed by atoms with E-state index in [0.717, 1.165) is 6.61 Å². The molecule has 38 valence electrons. The summed E-state index contributed by atoms with van der Waals surface area (Å²) in [4.78, 5) is 0. The summed E-state index contributed by atoms with van der Waals surface area (Å²) in [6.45, 7) is 0.751. The SMILES string of the molecule is C1=CC2OC2CO1. The predicted octanol–water partition coefficient (Wildman–Crippen LogP) is 0.298. The Labute approximate surface area is 41.7 Å². The van der Waals surface area contributed by atoms with Crippen LogP contribution >= 0.6 is 0 Å². The Hall–Kier alpha value is -0.500. The van der Waals surface area contributed by atoms with E-state index in [1.54, 1.807) is 6.26 Å². The van der Waals surface area contributed by atoms with Crippen LogP contribution in [0.5, 0.6) is 0 Å². The highest BCUT2D eigenvalue weighted by molar-refractivity contribution is 5.03. The van der Waals surface area contributed by atoms with Crippen LogP contribution in [0.15, 0.2) is 12.3 Å². The number of fused-ring (bicyclic) bond motifs is 1. The fraction of sp³-hybridized carbons (Fsp3) is 0.600. The lowest BCUT2D eigenvalue weighted by molar-refractivity contribution is 0.215. The fourth-order valence-corrected chi connectivity index (χ4v) is 0.743. The zero-order valence-electron chi connectivity index (χ0n) is 3.83. The van der Waals surface area contributed by atoms with Crippen LogP contribution in [0.4, 0.5) is 0 Å². The summed E-state index contributed by atoms with van der Waals surface area (Å²) in [6, 6.07) is 0. The van der Waals surface area contributed by atoms with Gasteiger partial charge in [0, 0.05) is 0 Å². The quantitative estimate of drug-likeness (QED) is 0.406. The van der Waals surface area contributed by atoms with E-state index >= 15 is 0 Å². The van der Waals surface area contributed by atoms with Crippen LogP contribution < -0.4 is 0 Å². The van der Waals surface area contributed by atoms with Crippen molar-refractivity contribution in [3.05, 3.63) is 12.3 Å². The third-order valence-corrected chi connectivity index (χ3v) is 1.25. The highest BCUT2D eigenvalue weighted by Gasteiger charge is 2.38. The molecule has 0 amide bonds. The molecule has 0 aromatic rings. The lowest BCUT2D eigenvalue weighted by atomic mass is 10.3. The first-order chi connectivity index (χ1) is 3.47. The molecule has 2 atom stereocenters. The van der Waals surface area contributed by atoms with Gasteiger partial charge in [0.1, 0.15) is 18.8 Å². The second kappa shape index (κ2) is 1.01. The van der Waals surface area contributed by atoms with Gasteiger partial charge in [-0.05, 0) is 6.08 Å². The molecule has 0 bridgehead atoms. The molecule has 2 heterocycles. The van der Waals surface area contributed by atoms with Gasteiger partial charge >= 0.3 is 0 Å². The van der Waals surface area contributed by atoms with Gasteiger partial charge in [0.2, 0.25) is 0 Å². The average molecular weight is 98.1 g/mol. The van der Waals surface area contributed by atoms with Gasteiger partial charge in [-0.25, -0.2) is 0 Å². The standard InChI is InChI=1S/C5H6O2/c1-2-6-3-5-4(1)7-5/h1-2,4-5H,3H2. The first kappa shape index (κ1) is 3.50. The van der Waals surface area contributed by atoms with Crippen molar-refractivity contribution in [2.45, 2.75) is 12.2 Å². The molecular formula is C5H6O2. The van der Waals surface area contributed by atoms with E-state index in [4.69, 9.17) is 9.47 Å². The van der Waals surface area contributed by atoms with Crippen molar-refractivity contribution in [2.24, 2.45) is 0 Å². The van der Waals surface area contributed by atoms with Gasteiger partial charge in [-0.3, -0.25) is 0 Å². The van der Waals surface area contributed by atoms with Gasteiger partial charge in [0.25, 0.3) is 0 Å². The summed E-state index contributed by atoms with van der Waals surface area (Å²) in [6.07, 6.45) is 4.43. The van der Waals surface area contributed by atoms with Gasteiger partial charge in [0.15, 0.2) is 0 Å². The maximum absolute atomic E-state index is 5.07. The van der Waals surface area contributed by atoms with Gasteiger partial charge < -0.3 is 9.47 Å². The van der Waals surface area contributed by atoms with E-state index in [0.29, 0.717) is 12.2 Å². The molecule has 0 N–H and O–H groups in total. The van der Waals surface area contributed by atoms with Crippen molar-refractivity contribution in [3.63, 3.8) is 0 Å². The monoisotopic (exact) mass is 98.0 g/mol. The van der Waals surface area contributed by atoms with Crippen molar-refractivity contribution < 1.29 is 9.47 Å². The van der Waals surface area contributed by atoms with Crippen LogP contribution in [0.1, 0.15) is 0 Å². The number of epoxide rings is 1. The molecule has 2 unspecified atom stereocenters. The van der Waals surface area contributed by atoms with Crippen LogP contribution in [0.25, 0.3) is 0 Å². The average Bonchev–Trinajstić information content (AvgIpc) is 2.41. The van der Waals surface area contributed by atoms with Gasteiger partial charge in [-0.15, -0.1) is 0 Å². The van der Waals surface area contributed by atoms with Crippen LogP contribution in [0, 0.1) is 0 Å². The smallest absolute Gasteiger partial charge is 0.122 e. The van der Waals surface area contributed by atoms with Crippen molar-refractivity contribution in [3.8, 4) is 0 Å². The topological polar surface area (TPSA) is 21.8 Å². The molecule has 0 saturated carbocycles. The molecular weight excluding hydrogens is 92.1 g/mol. The van der Waals surface area contributed by atoms with E-state index in [2.05, 4.69) is 0 Å². The summed E-state index contributed by atoms with van der Waals surface area (Å²) in [5.74, 6) is 0. The van der Waals surface area contributed by atoms with E-state index in [-0.39, 0.29) is 0 Å². The first-order valence-electron chi connectivity index (χ1n) is 2.40. The first-order valence-corrected chi connectivity index (χ1v) is 2.40. The van der Waals surface area contributed by atoms with E-state index in [9.17, 15) is 0 Å². The van der Waals surface area contributed by atoms with Crippen LogP contribution in [0.2, 0.25) is 0 Å². The Morgan fingerprint density at radius 1 is 1.57 bits per heavy atom. The Kier molecular flexibility index (Phi) is 0.504.